The van der Waals surface area contributed by atoms with Gasteiger partial charge in [0.1, 0.15) is 0 Å². The van der Waals surface area contributed by atoms with Gasteiger partial charge in [-0.2, -0.15) is 0 Å². The van der Waals surface area contributed by atoms with E-state index in [0.717, 1.165) is 35.6 Å². The van der Waals surface area contributed by atoms with E-state index in [1.807, 2.05) is 42.5 Å². The van der Waals surface area contributed by atoms with Crippen molar-refractivity contribution < 1.29 is 4.79 Å². The predicted octanol–water partition coefficient (Wildman–Crippen LogP) is 3.15. The largest absolute Gasteiger partial charge is 0.327 e. The van der Waals surface area contributed by atoms with Crippen molar-refractivity contribution in [2.75, 3.05) is 0 Å². The van der Waals surface area contributed by atoms with Crippen LogP contribution >= 0.6 is 0 Å². The molecule has 2 aromatic rings. The number of ketones is 1. The zero-order valence-corrected chi connectivity index (χ0v) is 10.3. The fourth-order valence-electron chi connectivity index (χ4n) is 2.95. The van der Waals surface area contributed by atoms with Crippen LogP contribution in [0.5, 0.6) is 0 Å². The standard InChI is InChI=1S/C16H17NO/c17-15-10-4-9-14(15)16(18)13-8-3-6-11-5-1-2-7-12(11)13/h1-3,5-8,14-15H,4,9-10,17H2. The third-order valence-corrected chi connectivity index (χ3v) is 3.96. The topological polar surface area (TPSA) is 43.1 Å². The average Bonchev–Trinajstić information content (AvgIpc) is 2.83. The Morgan fingerprint density at radius 3 is 2.61 bits per heavy atom. The van der Waals surface area contributed by atoms with Gasteiger partial charge in [-0.15, -0.1) is 0 Å². The molecule has 2 heteroatoms. The fourth-order valence-corrected chi connectivity index (χ4v) is 2.95. The molecule has 1 aliphatic carbocycles. The quantitative estimate of drug-likeness (QED) is 0.818. The van der Waals surface area contributed by atoms with Gasteiger partial charge in [0.2, 0.25) is 0 Å². The zero-order valence-electron chi connectivity index (χ0n) is 10.3. The Balaban J connectivity index is 2.06. The SMILES string of the molecule is NC1CCCC1C(=O)c1cccc2ccccc12. The summed E-state index contributed by atoms with van der Waals surface area (Å²) in [5.74, 6) is 0.229. The van der Waals surface area contributed by atoms with E-state index in [1.165, 1.54) is 0 Å². The molecule has 1 saturated carbocycles. The highest BCUT2D eigenvalue weighted by Gasteiger charge is 2.31. The molecule has 0 saturated heterocycles. The first-order chi connectivity index (χ1) is 8.77. The lowest BCUT2D eigenvalue weighted by molar-refractivity contribution is 0.0915. The Morgan fingerprint density at radius 2 is 1.83 bits per heavy atom. The smallest absolute Gasteiger partial charge is 0.168 e. The van der Waals surface area contributed by atoms with E-state index in [9.17, 15) is 4.79 Å². The molecule has 2 aromatic carbocycles. The van der Waals surface area contributed by atoms with Crippen LogP contribution in [0.1, 0.15) is 29.6 Å². The molecule has 0 radical (unpaired) electrons. The van der Waals surface area contributed by atoms with Gasteiger partial charge in [-0.1, -0.05) is 48.9 Å². The van der Waals surface area contributed by atoms with Crippen LogP contribution < -0.4 is 5.73 Å². The Labute approximate surface area is 107 Å². The van der Waals surface area contributed by atoms with Gasteiger partial charge in [0, 0.05) is 17.5 Å². The Hall–Kier alpha value is -1.67. The van der Waals surface area contributed by atoms with Crippen LogP contribution in [0, 0.1) is 5.92 Å². The fraction of sp³-hybridized carbons (Fsp3) is 0.312. The number of rotatable bonds is 2. The van der Waals surface area contributed by atoms with Gasteiger partial charge in [0.05, 0.1) is 0 Å². The lowest BCUT2D eigenvalue weighted by Crippen LogP contribution is -2.30. The number of Topliss-reactive ketones (excluding diaryl/α,β-unsaturated/α-hetero) is 1. The van der Waals surface area contributed by atoms with E-state index in [2.05, 4.69) is 0 Å². The molecule has 0 aliphatic heterocycles. The second kappa shape index (κ2) is 4.54. The van der Waals surface area contributed by atoms with E-state index >= 15 is 0 Å². The molecule has 18 heavy (non-hydrogen) atoms. The van der Waals surface area contributed by atoms with Gasteiger partial charge in [-0.05, 0) is 23.6 Å². The third kappa shape index (κ3) is 1.83. The maximum absolute atomic E-state index is 12.6. The molecule has 1 fully saturated rings. The van der Waals surface area contributed by atoms with Crippen molar-refractivity contribution in [3.63, 3.8) is 0 Å². The molecule has 3 rings (SSSR count). The van der Waals surface area contributed by atoms with Crippen LogP contribution in [0.15, 0.2) is 42.5 Å². The number of nitrogens with two attached hydrogens (primary N) is 1. The Bertz CT molecular complexity index is 585. The summed E-state index contributed by atoms with van der Waals surface area (Å²) >= 11 is 0. The first-order valence-electron chi connectivity index (χ1n) is 6.55. The number of hydrogen-bond donors (Lipinski definition) is 1. The second-order valence-corrected chi connectivity index (χ2v) is 5.09. The van der Waals surface area contributed by atoms with Crippen LogP contribution in [0.4, 0.5) is 0 Å². The summed E-state index contributed by atoms with van der Waals surface area (Å²) in [5.41, 5.74) is 6.87. The Kier molecular flexibility index (Phi) is 2.88. The molecule has 2 unspecified atom stereocenters. The van der Waals surface area contributed by atoms with Crippen LogP contribution in [0.25, 0.3) is 10.8 Å². The number of benzene rings is 2. The van der Waals surface area contributed by atoms with E-state index in [1.54, 1.807) is 0 Å². The summed E-state index contributed by atoms with van der Waals surface area (Å²) in [6.07, 6.45) is 2.98. The van der Waals surface area contributed by atoms with Crippen molar-refractivity contribution in [2.24, 2.45) is 11.7 Å². The molecular formula is C16H17NO. The first kappa shape index (κ1) is 11.4. The van der Waals surface area contributed by atoms with E-state index in [0.29, 0.717) is 0 Å². The predicted molar refractivity (Wildman–Crippen MR) is 73.6 cm³/mol. The van der Waals surface area contributed by atoms with E-state index in [4.69, 9.17) is 5.73 Å². The van der Waals surface area contributed by atoms with Gasteiger partial charge in [0.25, 0.3) is 0 Å². The van der Waals surface area contributed by atoms with Crippen molar-refractivity contribution >= 4 is 16.6 Å². The first-order valence-corrected chi connectivity index (χ1v) is 6.55. The molecular weight excluding hydrogens is 222 g/mol. The normalized spacial score (nSPS) is 23.4. The summed E-state index contributed by atoms with van der Waals surface area (Å²) < 4.78 is 0. The van der Waals surface area contributed by atoms with Crippen molar-refractivity contribution in [1.82, 2.24) is 0 Å². The van der Waals surface area contributed by atoms with Crippen LogP contribution in [0.2, 0.25) is 0 Å². The number of carbonyl (C=O) groups is 1. The lowest BCUT2D eigenvalue weighted by atomic mass is 9.90. The zero-order chi connectivity index (χ0) is 12.5. The van der Waals surface area contributed by atoms with E-state index in [-0.39, 0.29) is 17.7 Å². The molecule has 92 valence electrons. The summed E-state index contributed by atoms with van der Waals surface area (Å²) in [4.78, 5) is 12.6. The van der Waals surface area contributed by atoms with Crippen molar-refractivity contribution in [3.8, 4) is 0 Å². The minimum absolute atomic E-state index is 0.0100. The number of hydrogen-bond acceptors (Lipinski definition) is 2. The van der Waals surface area contributed by atoms with Gasteiger partial charge in [-0.3, -0.25) is 4.79 Å². The molecule has 0 bridgehead atoms. The van der Waals surface area contributed by atoms with Gasteiger partial charge in [0.15, 0.2) is 5.78 Å². The van der Waals surface area contributed by atoms with Crippen molar-refractivity contribution in [2.45, 2.75) is 25.3 Å². The lowest BCUT2D eigenvalue weighted by Gasteiger charge is -2.15. The minimum Gasteiger partial charge on any atom is -0.327 e. The molecule has 1 aliphatic rings. The number of fused-ring (bicyclic) bond motifs is 1. The third-order valence-electron chi connectivity index (χ3n) is 3.96. The summed E-state index contributed by atoms with van der Waals surface area (Å²) in [5, 5.41) is 2.17. The van der Waals surface area contributed by atoms with E-state index < -0.39 is 0 Å². The van der Waals surface area contributed by atoms with Gasteiger partial charge in [-0.25, -0.2) is 0 Å². The highest BCUT2D eigenvalue weighted by Crippen LogP contribution is 2.30. The molecule has 0 heterocycles. The second-order valence-electron chi connectivity index (χ2n) is 5.09. The molecule has 2 N–H and O–H groups in total. The maximum atomic E-state index is 12.6. The number of carbonyl (C=O) groups excluding carboxylic acids is 1. The summed E-state index contributed by atoms with van der Waals surface area (Å²) in [6, 6.07) is 14.0. The molecule has 2 nitrogen and oxygen atoms in total. The van der Waals surface area contributed by atoms with Gasteiger partial charge >= 0.3 is 0 Å². The Morgan fingerprint density at radius 1 is 1.06 bits per heavy atom. The van der Waals surface area contributed by atoms with Crippen molar-refractivity contribution in [1.29, 1.82) is 0 Å². The highest BCUT2D eigenvalue weighted by molar-refractivity contribution is 6.09. The van der Waals surface area contributed by atoms with Crippen LogP contribution in [0.3, 0.4) is 0 Å². The van der Waals surface area contributed by atoms with Crippen molar-refractivity contribution in [3.05, 3.63) is 48.0 Å². The van der Waals surface area contributed by atoms with Crippen LogP contribution in [-0.4, -0.2) is 11.8 Å². The summed E-state index contributed by atoms with van der Waals surface area (Å²) in [7, 11) is 0. The molecule has 0 amide bonds. The van der Waals surface area contributed by atoms with Gasteiger partial charge < -0.3 is 5.73 Å². The maximum Gasteiger partial charge on any atom is 0.168 e. The highest BCUT2D eigenvalue weighted by atomic mass is 16.1. The van der Waals surface area contributed by atoms with Crippen LogP contribution in [-0.2, 0) is 0 Å². The minimum atomic E-state index is 0.0100. The molecule has 0 spiro atoms. The summed E-state index contributed by atoms with van der Waals surface area (Å²) in [6.45, 7) is 0. The molecule has 0 aromatic heterocycles. The molecule has 2 atom stereocenters. The monoisotopic (exact) mass is 239 g/mol. The average molecular weight is 239 g/mol.